The van der Waals surface area contributed by atoms with E-state index in [1.807, 2.05) is 0 Å². The molecule has 6 nitrogen and oxygen atoms in total. The summed E-state index contributed by atoms with van der Waals surface area (Å²) in [6.07, 6.45) is -0.0772. The Morgan fingerprint density at radius 1 is 1.35 bits per heavy atom. The Bertz CT molecular complexity index is 609. The van der Waals surface area contributed by atoms with E-state index in [2.05, 4.69) is 4.72 Å². The molecule has 1 amide bonds. The van der Waals surface area contributed by atoms with Crippen LogP contribution in [0, 0.1) is 6.92 Å². The third-order valence-corrected chi connectivity index (χ3v) is 4.65. The number of nitrogens with one attached hydrogen (secondary N) is 1. The van der Waals surface area contributed by atoms with Gasteiger partial charge in [0.2, 0.25) is 15.9 Å². The van der Waals surface area contributed by atoms with Crippen LogP contribution in [0.3, 0.4) is 0 Å². The summed E-state index contributed by atoms with van der Waals surface area (Å²) in [7, 11) is -3.72. The number of aryl methyl sites for hydroxylation is 1. The maximum atomic E-state index is 12.4. The molecule has 7 heteroatoms. The van der Waals surface area contributed by atoms with Gasteiger partial charge < -0.3 is 11.5 Å². The van der Waals surface area contributed by atoms with Gasteiger partial charge in [-0.15, -0.1) is 0 Å². The van der Waals surface area contributed by atoms with Gasteiger partial charge in [-0.05, 0) is 38.0 Å². The van der Waals surface area contributed by atoms with Crippen molar-refractivity contribution in [1.82, 2.24) is 4.72 Å². The van der Waals surface area contributed by atoms with Crippen molar-refractivity contribution in [3.8, 4) is 0 Å². The summed E-state index contributed by atoms with van der Waals surface area (Å²) in [6.45, 7) is 5.27. The fraction of sp³-hybridized carbons (Fsp3) is 0.462. The van der Waals surface area contributed by atoms with Gasteiger partial charge >= 0.3 is 0 Å². The van der Waals surface area contributed by atoms with E-state index in [-0.39, 0.29) is 11.3 Å². The van der Waals surface area contributed by atoms with Crippen LogP contribution in [0.15, 0.2) is 23.1 Å². The zero-order valence-electron chi connectivity index (χ0n) is 11.9. The molecule has 1 aromatic carbocycles. The first-order valence-corrected chi connectivity index (χ1v) is 7.67. The molecule has 0 bridgehead atoms. The second-order valence-electron chi connectivity index (χ2n) is 5.44. The Labute approximate surface area is 119 Å². The van der Waals surface area contributed by atoms with E-state index < -0.39 is 21.5 Å². The van der Waals surface area contributed by atoms with Crippen molar-refractivity contribution in [3.05, 3.63) is 29.3 Å². The number of nitrogens with two attached hydrogens (primary N) is 2. The van der Waals surface area contributed by atoms with E-state index in [1.54, 1.807) is 32.9 Å². The molecule has 0 aliphatic rings. The molecule has 0 spiro atoms. The number of carbonyl (C=O) groups is 1. The number of benzene rings is 1. The summed E-state index contributed by atoms with van der Waals surface area (Å²) in [5, 5.41) is 0. The number of primary amides is 1. The van der Waals surface area contributed by atoms with Crippen LogP contribution in [-0.4, -0.2) is 19.9 Å². The van der Waals surface area contributed by atoms with Gasteiger partial charge in [0.05, 0.1) is 4.90 Å². The van der Waals surface area contributed by atoms with Gasteiger partial charge in [0.15, 0.2) is 0 Å². The number of hydrogen-bond donors (Lipinski definition) is 3. The number of carbonyl (C=O) groups excluding carboxylic acids is 1. The zero-order chi connectivity index (χ0) is 15.6. The molecule has 112 valence electrons. The minimum absolute atomic E-state index is 0.0772. The predicted octanol–water partition coefficient (Wildman–Crippen LogP) is 0.386. The van der Waals surface area contributed by atoms with Crippen molar-refractivity contribution in [1.29, 1.82) is 0 Å². The smallest absolute Gasteiger partial charge is 0.241 e. The van der Waals surface area contributed by atoms with Crippen molar-refractivity contribution in [2.45, 2.75) is 44.2 Å². The van der Waals surface area contributed by atoms with Crippen molar-refractivity contribution in [2.75, 3.05) is 0 Å². The molecular formula is C13H21N3O3S. The van der Waals surface area contributed by atoms with Gasteiger partial charge in [-0.25, -0.2) is 13.1 Å². The van der Waals surface area contributed by atoms with Crippen LogP contribution in [-0.2, 0) is 21.4 Å². The minimum Gasteiger partial charge on any atom is -0.370 e. The topological polar surface area (TPSA) is 115 Å². The van der Waals surface area contributed by atoms with Gasteiger partial charge in [-0.3, -0.25) is 4.79 Å². The van der Waals surface area contributed by atoms with Gasteiger partial charge in [-0.1, -0.05) is 12.1 Å². The highest BCUT2D eigenvalue weighted by molar-refractivity contribution is 7.89. The lowest BCUT2D eigenvalue weighted by atomic mass is 10.0. The van der Waals surface area contributed by atoms with Crippen molar-refractivity contribution in [3.63, 3.8) is 0 Å². The van der Waals surface area contributed by atoms with Gasteiger partial charge in [0.25, 0.3) is 0 Å². The lowest BCUT2D eigenvalue weighted by molar-refractivity contribution is -0.119. The zero-order valence-corrected chi connectivity index (χ0v) is 12.8. The predicted molar refractivity (Wildman–Crippen MR) is 77.3 cm³/mol. The molecule has 0 aliphatic carbocycles. The average molecular weight is 299 g/mol. The van der Waals surface area contributed by atoms with Crippen molar-refractivity contribution >= 4 is 15.9 Å². The Morgan fingerprint density at radius 2 is 1.95 bits per heavy atom. The fourth-order valence-corrected chi connectivity index (χ4v) is 3.67. The lowest BCUT2D eigenvalue weighted by Crippen LogP contribution is -2.46. The van der Waals surface area contributed by atoms with Crippen LogP contribution in [0.4, 0.5) is 0 Å². The monoisotopic (exact) mass is 299 g/mol. The molecule has 0 unspecified atom stereocenters. The SMILES string of the molecule is Cc1cc(CN)ccc1S(=O)(=O)NC(C)(C)CC(N)=O. The molecule has 0 heterocycles. The summed E-state index contributed by atoms with van der Waals surface area (Å²) in [6, 6.07) is 4.92. The highest BCUT2D eigenvalue weighted by atomic mass is 32.2. The van der Waals surface area contributed by atoms with Crippen molar-refractivity contribution in [2.24, 2.45) is 11.5 Å². The second kappa shape index (κ2) is 5.90. The Kier molecular flexibility index (Phi) is 4.90. The summed E-state index contributed by atoms with van der Waals surface area (Å²) in [5.74, 6) is -0.562. The van der Waals surface area contributed by atoms with E-state index in [4.69, 9.17) is 11.5 Å². The Morgan fingerprint density at radius 3 is 2.40 bits per heavy atom. The summed E-state index contributed by atoms with van der Waals surface area (Å²) >= 11 is 0. The molecule has 0 atom stereocenters. The second-order valence-corrected chi connectivity index (χ2v) is 7.09. The standard InChI is InChI=1S/C13H21N3O3S/c1-9-6-10(8-14)4-5-11(9)20(18,19)16-13(2,3)7-12(15)17/h4-6,16H,7-8,14H2,1-3H3,(H2,15,17). The third-order valence-electron chi connectivity index (χ3n) is 2.79. The summed E-state index contributed by atoms with van der Waals surface area (Å²) in [5.41, 5.74) is 11.2. The highest BCUT2D eigenvalue weighted by Crippen LogP contribution is 2.20. The van der Waals surface area contributed by atoms with E-state index in [0.29, 0.717) is 12.1 Å². The molecular weight excluding hydrogens is 278 g/mol. The minimum atomic E-state index is -3.72. The molecule has 1 aromatic rings. The number of rotatable bonds is 6. The maximum Gasteiger partial charge on any atom is 0.241 e. The Balaban J connectivity index is 3.08. The number of amides is 1. The molecule has 0 saturated heterocycles. The molecule has 5 N–H and O–H groups in total. The first kappa shape index (κ1) is 16.6. The van der Waals surface area contributed by atoms with Gasteiger partial charge in [-0.2, -0.15) is 0 Å². The molecule has 1 rings (SSSR count). The van der Waals surface area contributed by atoms with Gasteiger partial charge in [0, 0.05) is 18.5 Å². The molecule has 0 aromatic heterocycles. The number of hydrogen-bond acceptors (Lipinski definition) is 4. The van der Waals surface area contributed by atoms with Crippen LogP contribution in [0.25, 0.3) is 0 Å². The van der Waals surface area contributed by atoms with Crippen molar-refractivity contribution < 1.29 is 13.2 Å². The highest BCUT2D eigenvalue weighted by Gasteiger charge is 2.28. The van der Waals surface area contributed by atoms with Crippen LogP contribution < -0.4 is 16.2 Å². The molecule has 20 heavy (non-hydrogen) atoms. The third kappa shape index (κ3) is 4.29. The molecule has 0 fully saturated rings. The average Bonchev–Trinajstić information content (AvgIpc) is 2.24. The fourth-order valence-electron chi connectivity index (χ4n) is 2.03. The largest absolute Gasteiger partial charge is 0.370 e. The van der Waals surface area contributed by atoms with Crippen LogP contribution in [0.5, 0.6) is 0 Å². The lowest BCUT2D eigenvalue weighted by Gasteiger charge is -2.25. The first-order valence-electron chi connectivity index (χ1n) is 6.19. The van der Waals surface area contributed by atoms with Crippen LogP contribution in [0.2, 0.25) is 0 Å². The van der Waals surface area contributed by atoms with Gasteiger partial charge in [0.1, 0.15) is 0 Å². The maximum absolute atomic E-state index is 12.4. The van der Waals surface area contributed by atoms with E-state index in [9.17, 15) is 13.2 Å². The normalized spacial score (nSPS) is 12.4. The van der Waals surface area contributed by atoms with Crippen LogP contribution in [0.1, 0.15) is 31.4 Å². The number of sulfonamides is 1. The Hall–Kier alpha value is -1.44. The van der Waals surface area contributed by atoms with E-state index >= 15 is 0 Å². The molecule has 0 radical (unpaired) electrons. The quantitative estimate of drug-likeness (QED) is 0.704. The molecule has 0 saturated carbocycles. The van der Waals surface area contributed by atoms with E-state index in [1.165, 1.54) is 6.07 Å². The van der Waals surface area contributed by atoms with E-state index in [0.717, 1.165) is 5.56 Å². The first-order chi connectivity index (χ1) is 9.07. The van der Waals surface area contributed by atoms with Crippen LogP contribution >= 0.6 is 0 Å². The molecule has 0 aliphatic heterocycles. The summed E-state index contributed by atoms with van der Waals surface area (Å²) < 4.78 is 27.2. The summed E-state index contributed by atoms with van der Waals surface area (Å²) in [4.78, 5) is 11.1.